The molecule has 1 N–H and O–H groups in total. The molecule has 2 aromatic heterocycles. The Balaban J connectivity index is 1.25. The highest BCUT2D eigenvalue weighted by Gasteiger charge is 2.21. The van der Waals surface area contributed by atoms with E-state index in [2.05, 4.69) is 63.2 Å². The van der Waals surface area contributed by atoms with Crippen molar-refractivity contribution < 1.29 is 9.52 Å². The van der Waals surface area contributed by atoms with Gasteiger partial charge in [-0.2, -0.15) is 5.26 Å². The third-order valence-corrected chi connectivity index (χ3v) is 9.98. The zero-order valence-electron chi connectivity index (χ0n) is 27.2. The molecule has 0 unspecified atom stereocenters. The molecule has 0 aliphatic carbocycles. The van der Waals surface area contributed by atoms with E-state index in [0.29, 0.717) is 11.1 Å². The van der Waals surface area contributed by atoms with Crippen LogP contribution in [0.3, 0.4) is 0 Å². The fraction of sp³-hybridized carbons (Fsp3) is 0.0930. The second-order valence-corrected chi connectivity index (χ2v) is 14.2. The van der Waals surface area contributed by atoms with Crippen molar-refractivity contribution in [2.24, 2.45) is 4.99 Å². The van der Waals surface area contributed by atoms with Crippen LogP contribution in [0.2, 0.25) is 0 Å². The topological polar surface area (TPSA) is 82.4 Å². The van der Waals surface area contributed by atoms with E-state index in [1.165, 1.54) is 0 Å². The van der Waals surface area contributed by atoms with E-state index in [1.807, 2.05) is 78.9 Å². The molecule has 0 saturated heterocycles. The van der Waals surface area contributed by atoms with Gasteiger partial charge in [0.2, 0.25) is 0 Å². The van der Waals surface area contributed by atoms with Crippen molar-refractivity contribution in [2.75, 3.05) is 0 Å². The number of hydrogen-bond acceptors (Lipinski definition) is 6. The maximum absolute atomic E-state index is 10.6. The van der Waals surface area contributed by atoms with Gasteiger partial charge in [-0.25, -0.2) is 4.98 Å². The number of phenols is 1. The van der Waals surface area contributed by atoms with Crippen molar-refractivity contribution in [3.8, 4) is 44.6 Å². The molecular formula is C43H31N3O2S. The number of para-hydroxylation sites is 3. The van der Waals surface area contributed by atoms with Crippen LogP contribution in [0.5, 0.6) is 5.75 Å². The number of nitriles is 1. The van der Waals surface area contributed by atoms with Gasteiger partial charge in [-0.3, -0.25) is 4.99 Å². The monoisotopic (exact) mass is 653 g/mol. The molecule has 0 spiro atoms. The number of nitrogens with zero attached hydrogens (tertiary/aromatic N) is 3. The third kappa shape index (κ3) is 5.44. The van der Waals surface area contributed by atoms with Gasteiger partial charge in [0.25, 0.3) is 0 Å². The Labute approximate surface area is 288 Å². The Morgan fingerprint density at radius 2 is 1.55 bits per heavy atom. The highest BCUT2D eigenvalue weighted by molar-refractivity contribution is 7.21. The van der Waals surface area contributed by atoms with Crippen LogP contribution in [-0.2, 0) is 5.41 Å². The minimum absolute atomic E-state index is 0.0508. The number of aromatic hydroxyl groups is 1. The lowest BCUT2D eigenvalue weighted by Gasteiger charge is -2.19. The summed E-state index contributed by atoms with van der Waals surface area (Å²) in [6.45, 7) is 6.46. The standard InChI is InChI=1S/C43H31N3O2S/c1-43(2,3)29-19-22-36(47)28(23-29)25-45-35-12-6-4-9-33(35)42-46-40-31(11-8-14-38(40)49-42)32-21-20-30(27-17-15-26(24-44)16-18-27)39-34-10-5-7-13-37(34)48-41(32)39/h4-23,25,47H,1-3H3. The number of phenolic OH excluding ortho intramolecular Hbond substituents is 1. The molecule has 49 heavy (non-hydrogen) atoms. The molecule has 0 atom stereocenters. The summed E-state index contributed by atoms with van der Waals surface area (Å²) >= 11 is 1.63. The minimum Gasteiger partial charge on any atom is -0.507 e. The van der Waals surface area contributed by atoms with Gasteiger partial charge in [-0.1, -0.05) is 87.5 Å². The van der Waals surface area contributed by atoms with E-state index in [0.717, 1.165) is 76.2 Å². The normalized spacial score (nSPS) is 12.0. The predicted octanol–water partition coefficient (Wildman–Crippen LogP) is 11.8. The smallest absolute Gasteiger partial charge is 0.143 e. The van der Waals surface area contributed by atoms with Crippen LogP contribution in [0.4, 0.5) is 5.69 Å². The van der Waals surface area contributed by atoms with Crippen LogP contribution in [0, 0.1) is 11.3 Å². The fourth-order valence-corrected chi connectivity index (χ4v) is 7.34. The van der Waals surface area contributed by atoms with E-state index < -0.39 is 0 Å². The zero-order chi connectivity index (χ0) is 33.7. The summed E-state index contributed by atoms with van der Waals surface area (Å²) in [5, 5.41) is 22.9. The Morgan fingerprint density at radius 1 is 0.796 bits per heavy atom. The summed E-state index contributed by atoms with van der Waals surface area (Å²) in [6, 6.07) is 42.2. The van der Waals surface area contributed by atoms with Crippen molar-refractivity contribution in [1.82, 2.24) is 4.98 Å². The number of aliphatic imine (C=N–C) groups is 1. The zero-order valence-corrected chi connectivity index (χ0v) is 28.0. The lowest BCUT2D eigenvalue weighted by molar-refractivity contribution is 0.473. The Hall–Kier alpha value is -6.03. The molecule has 8 rings (SSSR count). The quantitative estimate of drug-likeness (QED) is 0.187. The molecule has 0 radical (unpaired) electrons. The number of furan rings is 1. The van der Waals surface area contributed by atoms with Crippen molar-refractivity contribution in [2.45, 2.75) is 26.2 Å². The van der Waals surface area contributed by atoms with E-state index >= 15 is 0 Å². The maximum atomic E-state index is 10.6. The molecule has 0 fully saturated rings. The number of fused-ring (bicyclic) bond motifs is 4. The Morgan fingerprint density at radius 3 is 2.37 bits per heavy atom. The lowest BCUT2D eigenvalue weighted by Crippen LogP contribution is -2.11. The summed E-state index contributed by atoms with van der Waals surface area (Å²) in [5.41, 5.74) is 10.6. The molecule has 236 valence electrons. The van der Waals surface area contributed by atoms with Gasteiger partial charge in [-0.05, 0) is 76.7 Å². The van der Waals surface area contributed by atoms with Crippen LogP contribution < -0.4 is 0 Å². The minimum atomic E-state index is -0.0508. The molecule has 0 aliphatic rings. The summed E-state index contributed by atoms with van der Waals surface area (Å²) < 4.78 is 7.66. The van der Waals surface area contributed by atoms with Gasteiger partial charge < -0.3 is 9.52 Å². The first kappa shape index (κ1) is 30.3. The molecule has 0 saturated carbocycles. The van der Waals surface area contributed by atoms with Crippen molar-refractivity contribution in [3.63, 3.8) is 0 Å². The Kier molecular flexibility index (Phi) is 7.36. The molecule has 5 nitrogen and oxygen atoms in total. The molecular weight excluding hydrogens is 623 g/mol. The van der Waals surface area contributed by atoms with Crippen LogP contribution in [0.15, 0.2) is 131 Å². The molecule has 0 aliphatic heterocycles. The van der Waals surface area contributed by atoms with Crippen LogP contribution >= 0.6 is 11.3 Å². The predicted molar refractivity (Wildman–Crippen MR) is 202 cm³/mol. The highest BCUT2D eigenvalue weighted by atomic mass is 32.1. The molecule has 0 bridgehead atoms. The third-order valence-electron chi connectivity index (χ3n) is 8.93. The Bertz CT molecular complexity index is 2610. The number of rotatable bonds is 5. The van der Waals surface area contributed by atoms with E-state index in [4.69, 9.17) is 14.4 Å². The second-order valence-electron chi connectivity index (χ2n) is 13.1. The van der Waals surface area contributed by atoms with Crippen molar-refractivity contribution >= 4 is 55.4 Å². The van der Waals surface area contributed by atoms with Crippen molar-refractivity contribution in [3.05, 3.63) is 138 Å². The molecule has 0 amide bonds. The summed E-state index contributed by atoms with van der Waals surface area (Å²) in [6.07, 6.45) is 1.73. The summed E-state index contributed by atoms with van der Waals surface area (Å²) in [7, 11) is 0. The van der Waals surface area contributed by atoms with Crippen LogP contribution in [0.25, 0.3) is 65.0 Å². The van der Waals surface area contributed by atoms with E-state index in [9.17, 15) is 10.4 Å². The number of thiazole rings is 1. The van der Waals surface area contributed by atoms with Gasteiger partial charge in [0.1, 0.15) is 21.9 Å². The first-order chi connectivity index (χ1) is 23.8. The number of aromatic nitrogens is 1. The van der Waals surface area contributed by atoms with Gasteiger partial charge >= 0.3 is 0 Å². The largest absolute Gasteiger partial charge is 0.507 e. The van der Waals surface area contributed by atoms with E-state index in [1.54, 1.807) is 23.6 Å². The number of benzene rings is 6. The summed E-state index contributed by atoms with van der Waals surface area (Å²) in [5.74, 6) is 0.195. The highest BCUT2D eigenvalue weighted by Crippen LogP contribution is 2.45. The average Bonchev–Trinajstić information content (AvgIpc) is 3.73. The summed E-state index contributed by atoms with van der Waals surface area (Å²) in [4.78, 5) is 10.1. The molecule has 2 heterocycles. The molecule has 6 heteroatoms. The lowest BCUT2D eigenvalue weighted by atomic mass is 9.86. The van der Waals surface area contributed by atoms with E-state index in [-0.39, 0.29) is 11.2 Å². The SMILES string of the molecule is CC(C)(C)c1ccc(O)c(C=Nc2ccccc2-c2nc3c(-c4ccc(-c5ccc(C#N)cc5)c5c4oc4ccccc45)cccc3s2)c1. The van der Waals surface area contributed by atoms with Crippen molar-refractivity contribution in [1.29, 1.82) is 5.26 Å². The maximum Gasteiger partial charge on any atom is 0.143 e. The van der Waals surface area contributed by atoms with Gasteiger partial charge in [0.15, 0.2) is 0 Å². The van der Waals surface area contributed by atoms with Gasteiger partial charge in [0, 0.05) is 39.2 Å². The second kappa shape index (κ2) is 11.9. The van der Waals surface area contributed by atoms with Crippen LogP contribution in [0.1, 0.15) is 37.5 Å². The first-order valence-electron chi connectivity index (χ1n) is 16.1. The van der Waals surface area contributed by atoms with Crippen LogP contribution in [-0.4, -0.2) is 16.3 Å². The van der Waals surface area contributed by atoms with Gasteiger partial charge in [-0.15, -0.1) is 11.3 Å². The fourth-order valence-electron chi connectivity index (χ4n) is 6.32. The first-order valence-corrected chi connectivity index (χ1v) is 16.9. The van der Waals surface area contributed by atoms with Gasteiger partial charge in [0.05, 0.1) is 27.5 Å². The average molecular weight is 654 g/mol. The molecule has 8 aromatic rings. The molecule has 6 aromatic carbocycles. The number of hydrogen-bond donors (Lipinski definition) is 1.